The molecule has 3 aromatic carbocycles. The van der Waals surface area contributed by atoms with Crippen LogP contribution in [0.25, 0.3) is 11.3 Å². The highest BCUT2D eigenvalue weighted by molar-refractivity contribution is 6.40. The van der Waals surface area contributed by atoms with Crippen molar-refractivity contribution in [2.75, 3.05) is 43.0 Å². The second-order valence-corrected chi connectivity index (χ2v) is 13.7. The average molecular weight is 780 g/mol. The number of nitrogens with one attached hydrogen (secondary N) is 1. The summed E-state index contributed by atoms with van der Waals surface area (Å²) in [6.07, 6.45) is 10.5. The molecule has 0 atom stereocenters. The number of hydrogen-bond donors (Lipinski definition) is 1. The first-order valence-corrected chi connectivity index (χ1v) is 18.5. The molecule has 0 aliphatic carbocycles. The minimum absolute atomic E-state index is 0.0547. The molecule has 0 radical (unpaired) electrons. The summed E-state index contributed by atoms with van der Waals surface area (Å²) in [5, 5.41) is 16.1. The lowest BCUT2D eigenvalue weighted by Crippen LogP contribution is -2.37. The van der Waals surface area contributed by atoms with Crippen molar-refractivity contribution in [1.82, 2.24) is 24.4 Å². The molecule has 0 unspecified atom stereocenters. The SMILES string of the molecule is CCCN(CCOc1c(Cl)cc(Cl)cc1Cl)C(=O)n1ccnc1.Cc1cccc(CNc2cc(-c3cc(N4CCCCC4)ccc3[N+](=O)[O-])ncn2)c1. The number of amides is 1. The molecule has 0 saturated carbocycles. The largest absolute Gasteiger partial charge is 0.489 e. The summed E-state index contributed by atoms with van der Waals surface area (Å²) >= 11 is 18.0. The highest BCUT2D eigenvalue weighted by Gasteiger charge is 2.21. The van der Waals surface area contributed by atoms with Crippen molar-refractivity contribution in [3.63, 3.8) is 0 Å². The molecule has 0 spiro atoms. The third-order valence-electron chi connectivity index (χ3n) is 8.46. The minimum Gasteiger partial charge on any atom is -0.489 e. The summed E-state index contributed by atoms with van der Waals surface area (Å²) in [6.45, 7) is 7.91. The van der Waals surface area contributed by atoms with Gasteiger partial charge in [0.05, 0.1) is 32.8 Å². The molecule has 5 aromatic rings. The number of aryl methyl sites for hydroxylation is 1. The van der Waals surface area contributed by atoms with E-state index in [1.165, 1.54) is 29.2 Å². The van der Waals surface area contributed by atoms with Crippen LogP contribution in [0.2, 0.25) is 15.1 Å². The molecular formula is C38H41Cl3N8O4. The summed E-state index contributed by atoms with van der Waals surface area (Å²) in [5.74, 6) is 1.00. The van der Waals surface area contributed by atoms with Crippen LogP contribution in [0, 0.1) is 17.0 Å². The number of nitrogens with zero attached hydrogens (tertiary/aromatic N) is 7. The number of carbonyl (C=O) groups excluding carboxylic acids is 1. The zero-order valence-corrected chi connectivity index (χ0v) is 31.8. The normalized spacial score (nSPS) is 12.4. The van der Waals surface area contributed by atoms with Crippen LogP contribution >= 0.6 is 34.8 Å². The quantitative estimate of drug-likeness (QED) is 0.0972. The number of nitro benzene ring substituents is 1. The van der Waals surface area contributed by atoms with Gasteiger partial charge in [-0.15, -0.1) is 0 Å². The van der Waals surface area contributed by atoms with E-state index in [0.29, 0.717) is 57.5 Å². The van der Waals surface area contributed by atoms with Gasteiger partial charge in [0.25, 0.3) is 5.69 Å². The predicted molar refractivity (Wildman–Crippen MR) is 211 cm³/mol. The van der Waals surface area contributed by atoms with E-state index in [-0.39, 0.29) is 23.2 Å². The van der Waals surface area contributed by atoms with Crippen LogP contribution < -0.4 is 15.0 Å². The van der Waals surface area contributed by atoms with Gasteiger partial charge in [-0.25, -0.2) is 19.7 Å². The van der Waals surface area contributed by atoms with Crippen LogP contribution in [0.3, 0.4) is 0 Å². The number of aromatic nitrogens is 4. The van der Waals surface area contributed by atoms with Gasteiger partial charge in [-0.3, -0.25) is 14.7 Å². The molecule has 6 rings (SSSR count). The van der Waals surface area contributed by atoms with E-state index in [1.807, 2.05) is 25.1 Å². The Morgan fingerprint density at radius 2 is 1.77 bits per heavy atom. The molecule has 53 heavy (non-hydrogen) atoms. The van der Waals surface area contributed by atoms with Gasteiger partial charge in [0.15, 0.2) is 5.75 Å². The van der Waals surface area contributed by atoms with E-state index in [2.05, 4.69) is 50.3 Å². The first-order valence-electron chi connectivity index (χ1n) is 17.3. The molecule has 1 aliphatic heterocycles. The zero-order chi connectivity index (χ0) is 37.7. The van der Waals surface area contributed by atoms with Gasteiger partial charge in [0.2, 0.25) is 0 Å². The Morgan fingerprint density at radius 1 is 1.00 bits per heavy atom. The molecule has 1 saturated heterocycles. The number of benzene rings is 3. The van der Waals surface area contributed by atoms with Crippen molar-refractivity contribution in [3.05, 3.63) is 122 Å². The fourth-order valence-corrected chi connectivity index (χ4v) is 6.81. The van der Waals surface area contributed by atoms with Crippen LogP contribution in [0.4, 0.5) is 22.0 Å². The van der Waals surface area contributed by atoms with E-state index in [4.69, 9.17) is 39.5 Å². The molecule has 278 valence electrons. The maximum Gasteiger partial charge on any atom is 0.329 e. The highest BCUT2D eigenvalue weighted by Crippen LogP contribution is 2.36. The number of hydrogen-bond acceptors (Lipinski definition) is 9. The fourth-order valence-electron chi connectivity index (χ4n) is 5.89. The van der Waals surface area contributed by atoms with Crippen LogP contribution in [0.5, 0.6) is 5.75 Å². The Balaban J connectivity index is 0.000000212. The van der Waals surface area contributed by atoms with Crippen molar-refractivity contribution in [1.29, 1.82) is 0 Å². The average Bonchev–Trinajstić information content (AvgIpc) is 3.70. The van der Waals surface area contributed by atoms with Crippen LogP contribution in [-0.2, 0) is 6.54 Å². The van der Waals surface area contributed by atoms with E-state index in [1.54, 1.807) is 41.6 Å². The first-order chi connectivity index (χ1) is 25.6. The number of imidazole rings is 1. The number of halogens is 3. The third kappa shape index (κ3) is 11.0. The van der Waals surface area contributed by atoms with Crippen molar-refractivity contribution in [2.45, 2.75) is 46.1 Å². The van der Waals surface area contributed by atoms with Gasteiger partial charge < -0.3 is 19.9 Å². The highest BCUT2D eigenvalue weighted by atomic mass is 35.5. The number of nitro groups is 1. The van der Waals surface area contributed by atoms with Crippen molar-refractivity contribution in [2.24, 2.45) is 0 Å². The van der Waals surface area contributed by atoms with E-state index >= 15 is 0 Å². The van der Waals surface area contributed by atoms with E-state index < -0.39 is 0 Å². The summed E-state index contributed by atoms with van der Waals surface area (Å²) in [4.78, 5) is 40.1. The number of rotatable bonds is 12. The third-order valence-corrected chi connectivity index (χ3v) is 9.24. The minimum atomic E-state index is -0.350. The lowest BCUT2D eigenvalue weighted by atomic mass is 10.1. The van der Waals surface area contributed by atoms with Crippen LogP contribution in [0.1, 0.15) is 43.7 Å². The number of carbonyl (C=O) groups is 1. The first kappa shape index (κ1) is 39.3. The van der Waals surface area contributed by atoms with E-state index in [0.717, 1.165) is 43.6 Å². The molecule has 12 nitrogen and oxygen atoms in total. The lowest BCUT2D eigenvalue weighted by molar-refractivity contribution is -0.384. The molecule has 2 aromatic heterocycles. The van der Waals surface area contributed by atoms with Gasteiger partial charge >= 0.3 is 6.03 Å². The molecule has 0 bridgehead atoms. The number of ether oxygens (including phenoxy) is 1. The maximum absolute atomic E-state index is 12.3. The molecular weight excluding hydrogens is 739 g/mol. The Kier molecular flexibility index (Phi) is 14.3. The predicted octanol–water partition coefficient (Wildman–Crippen LogP) is 9.57. The molecule has 3 heterocycles. The Labute approximate surface area is 323 Å². The molecule has 1 fully saturated rings. The molecule has 1 N–H and O–H groups in total. The number of piperidine rings is 1. The lowest BCUT2D eigenvalue weighted by Gasteiger charge is -2.29. The smallest absolute Gasteiger partial charge is 0.329 e. The molecule has 1 amide bonds. The fraction of sp³-hybridized carbons (Fsp3) is 0.316. The van der Waals surface area contributed by atoms with Crippen LogP contribution in [-0.4, -0.2) is 68.2 Å². The summed E-state index contributed by atoms with van der Waals surface area (Å²) in [7, 11) is 0. The second kappa shape index (κ2) is 19.2. The van der Waals surface area contributed by atoms with Crippen molar-refractivity contribution < 1.29 is 14.5 Å². The van der Waals surface area contributed by atoms with Crippen molar-refractivity contribution >= 4 is 58.0 Å². The topological polar surface area (TPSA) is 132 Å². The summed E-state index contributed by atoms with van der Waals surface area (Å²) in [6, 6.07) is 18.3. The maximum atomic E-state index is 12.3. The number of anilines is 2. The molecule has 15 heteroatoms. The second-order valence-electron chi connectivity index (χ2n) is 12.4. The standard InChI is InChI=1S/C23H25N5O2.C15H16Cl3N3O2/c1-17-6-5-7-18(12-17)15-24-23-14-21(25-16-26-23)20-13-19(8-9-22(20)28(29)30)27-10-3-2-4-11-27;1-2-4-20(15(22)21-5-3-19-10-21)6-7-23-14-12(17)8-11(16)9-13(14)18/h5-9,12-14,16H,2-4,10-11,15H2,1H3,(H,24,25,26);3,5,8-10H,2,4,6-7H2,1H3. The monoisotopic (exact) mass is 778 g/mol. The summed E-state index contributed by atoms with van der Waals surface area (Å²) in [5.41, 5.74) is 4.46. The van der Waals surface area contributed by atoms with Crippen molar-refractivity contribution in [3.8, 4) is 17.0 Å². The van der Waals surface area contributed by atoms with E-state index in [9.17, 15) is 14.9 Å². The van der Waals surface area contributed by atoms with Gasteiger partial charge in [-0.1, -0.05) is 71.6 Å². The summed E-state index contributed by atoms with van der Waals surface area (Å²) < 4.78 is 7.05. The van der Waals surface area contributed by atoms with Gasteiger partial charge in [0, 0.05) is 61.4 Å². The zero-order valence-electron chi connectivity index (χ0n) is 29.6. The Morgan fingerprint density at radius 3 is 2.45 bits per heavy atom. The Hall–Kier alpha value is -4.91. The van der Waals surface area contributed by atoms with Gasteiger partial charge in [-0.2, -0.15) is 0 Å². The van der Waals surface area contributed by atoms with Crippen LogP contribution in [0.15, 0.2) is 85.7 Å². The molecule has 1 aliphatic rings. The van der Waals surface area contributed by atoms with Gasteiger partial charge in [-0.05, 0) is 62.4 Å². The van der Waals surface area contributed by atoms with Gasteiger partial charge in [0.1, 0.15) is 25.1 Å². The Bertz CT molecular complexity index is 1970.